The van der Waals surface area contributed by atoms with E-state index in [1.54, 1.807) is 18.3 Å². The normalized spacial score (nSPS) is 14.9. The number of nitrogens with zero attached hydrogens (tertiary/aromatic N) is 2. The SMILES string of the molecule is Cc1cc(C(=O)Cc2cc(C(N)(CCC3CC3)c3ccnc(C)c3)ccc2F)n(-c2cccc(CN)c2)c1. The van der Waals surface area contributed by atoms with Crippen molar-refractivity contribution in [1.82, 2.24) is 9.55 Å². The molecule has 1 aliphatic carbocycles. The summed E-state index contributed by atoms with van der Waals surface area (Å²) in [5.74, 6) is 0.140. The van der Waals surface area contributed by atoms with E-state index in [2.05, 4.69) is 4.98 Å². The summed E-state index contributed by atoms with van der Waals surface area (Å²) in [5, 5.41) is 0. The Bertz CT molecular complexity index is 1470. The van der Waals surface area contributed by atoms with Gasteiger partial charge in [-0.25, -0.2) is 4.39 Å². The van der Waals surface area contributed by atoms with Gasteiger partial charge in [-0.3, -0.25) is 9.78 Å². The largest absolute Gasteiger partial charge is 0.326 e. The maximum absolute atomic E-state index is 15.1. The van der Waals surface area contributed by atoms with Crippen LogP contribution in [-0.4, -0.2) is 15.3 Å². The van der Waals surface area contributed by atoms with E-state index in [0.717, 1.165) is 46.5 Å². The molecule has 5 rings (SSSR count). The molecule has 196 valence electrons. The lowest BCUT2D eigenvalue weighted by Gasteiger charge is -2.32. The molecule has 1 aliphatic rings. The number of rotatable bonds is 10. The second-order valence-corrected chi connectivity index (χ2v) is 10.7. The first-order chi connectivity index (χ1) is 18.3. The van der Waals surface area contributed by atoms with Crippen molar-refractivity contribution in [2.45, 2.75) is 58.0 Å². The second-order valence-electron chi connectivity index (χ2n) is 10.7. The zero-order chi connectivity index (χ0) is 26.9. The minimum Gasteiger partial charge on any atom is -0.326 e. The number of aromatic nitrogens is 2. The van der Waals surface area contributed by atoms with Gasteiger partial charge in [0.2, 0.25) is 0 Å². The van der Waals surface area contributed by atoms with Gasteiger partial charge in [0.05, 0.1) is 11.2 Å². The standard InChI is InChI=1S/C32H35FN4O/c1-21-14-30(37(20-21)28-5-3-4-24(16-28)19-34)31(38)18-25-17-26(8-9-29(25)33)32(35,12-10-23-6-7-23)27-11-13-36-22(2)15-27/h3-5,8-9,11,13-17,20,23H,6-7,10,12,18-19,34-35H2,1-2H3. The summed E-state index contributed by atoms with van der Waals surface area (Å²) >= 11 is 0. The highest BCUT2D eigenvalue weighted by molar-refractivity contribution is 5.97. The average Bonchev–Trinajstić information content (AvgIpc) is 3.67. The van der Waals surface area contributed by atoms with Gasteiger partial charge >= 0.3 is 0 Å². The highest BCUT2D eigenvalue weighted by Gasteiger charge is 2.33. The van der Waals surface area contributed by atoms with E-state index in [9.17, 15) is 4.79 Å². The van der Waals surface area contributed by atoms with E-state index < -0.39 is 11.4 Å². The molecule has 6 heteroatoms. The summed E-state index contributed by atoms with van der Waals surface area (Å²) in [7, 11) is 0. The number of benzene rings is 2. The topological polar surface area (TPSA) is 86.9 Å². The summed E-state index contributed by atoms with van der Waals surface area (Å²) in [6, 6.07) is 18.6. The Morgan fingerprint density at radius 2 is 1.87 bits per heavy atom. The van der Waals surface area contributed by atoms with E-state index in [1.807, 2.05) is 67.1 Å². The first-order valence-corrected chi connectivity index (χ1v) is 13.3. The van der Waals surface area contributed by atoms with Gasteiger partial charge in [0.1, 0.15) is 5.82 Å². The molecule has 2 heterocycles. The number of halogens is 1. The third-order valence-corrected chi connectivity index (χ3v) is 7.63. The molecule has 1 atom stereocenters. The molecular weight excluding hydrogens is 475 g/mol. The Kier molecular flexibility index (Phi) is 7.28. The lowest BCUT2D eigenvalue weighted by atomic mass is 9.79. The van der Waals surface area contributed by atoms with E-state index in [4.69, 9.17) is 11.5 Å². The van der Waals surface area contributed by atoms with Gasteiger partial charge in [-0.1, -0.05) is 37.1 Å². The summed E-state index contributed by atoms with van der Waals surface area (Å²) in [5.41, 5.74) is 18.5. The van der Waals surface area contributed by atoms with Gasteiger partial charge in [-0.15, -0.1) is 0 Å². The molecule has 0 amide bonds. The van der Waals surface area contributed by atoms with Crippen molar-refractivity contribution in [3.8, 4) is 5.69 Å². The molecule has 0 bridgehead atoms. The Hall–Kier alpha value is -3.61. The van der Waals surface area contributed by atoms with Crippen molar-refractivity contribution >= 4 is 5.78 Å². The number of Topliss-reactive ketones (excluding diaryl/α,β-unsaturated/α-hetero) is 1. The van der Waals surface area contributed by atoms with Crippen LogP contribution in [0.3, 0.4) is 0 Å². The number of ketones is 1. The zero-order valence-corrected chi connectivity index (χ0v) is 22.1. The first-order valence-electron chi connectivity index (χ1n) is 13.3. The second kappa shape index (κ2) is 10.6. The van der Waals surface area contributed by atoms with Crippen LogP contribution in [0.2, 0.25) is 0 Å². The maximum atomic E-state index is 15.1. The summed E-state index contributed by atoms with van der Waals surface area (Å²) in [6.07, 6.45) is 7.87. The quantitative estimate of drug-likeness (QED) is 0.260. The Labute approximate surface area is 223 Å². The van der Waals surface area contributed by atoms with Gasteiger partial charge in [-0.2, -0.15) is 0 Å². The number of aryl methyl sites for hydroxylation is 2. The van der Waals surface area contributed by atoms with Crippen LogP contribution in [0.5, 0.6) is 0 Å². The maximum Gasteiger partial charge on any atom is 0.184 e. The molecule has 0 radical (unpaired) electrons. The highest BCUT2D eigenvalue weighted by atomic mass is 19.1. The number of nitrogens with two attached hydrogens (primary N) is 2. The minimum absolute atomic E-state index is 0.0617. The molecule has 0 aliphatic heterocycles. The number of hydrogen-bond donors (Lipinski definition) is 2. The molecule has 4 aromatic rings. The summed E-state index contributed by atoms with van der Waals surface area (Å²) in [6.45, 7) is 4.30. The number of hydrogen-bond acceptors (Lipinski definition) is 4. The van der Waals surface area contributed by atoms with Crippen molar-refractivity contribution in [2.24, 2.45) is 17.4 Å². The first kappa shape index (κ1) is 26.0. The molecule has 1 unspecified atom stereocenters. The fourth-order valence-electron chi connectivity index (χ4n) is 5.23. The van der Waals surface area contributed by atoms with Gasteiger partial charge in [-0.05, 0) is 96.8 Å². The lowest BCUT2D eigenvalue weighted by Crippen LogP contribution is -2.38. The van der Waals surface area contributed by atoms with Crippen molar-refractivity contribution in [1.29, 1.82) is 0 Å². The number of carbonyl (C=O) groups is 1. The number of pyridine rings is 1. The molecule has 0 spiro atoms. The van der Waals surface area contributed by atoms with Crippen LogP contribution in [0.1, 0.15) is 69.7 Å². The van der Waals surface area contributed by atoms with Gasteiger partial charge in [0.25, 0.3) is 0 Å². The molecule has 1 saturated carbocycles. The summed E-state index contributed by atoms with van der Waals surface area (Å²) in [4.78, 5) is 17.9. The molecule has 4 N–H and O–H groups in total. The molecule has 0 saturated heterocycles. The molecule has 1 fully saturated rings. The van der Waals surface area contributed by atoms with E-state index in [-0.39, 0.29) is 12.2 Å². The third-order valence-electron chi connectivity index (χ3n) is 7.63. The average molecular weight is 511 g/mol. The predicted octanol–water partition coefficient (Wildman–Crippen LogP) is 5.90. The van der Waals surface area contributed by atoms with Crippen LogP contribution < -0.4 is 11.5 Å². The third kappa shape index (κ3) is 5.47. The van der Waals surface area contributed by atoms with Crippen LogP contribution in [0.25, 0.3) is 5.69 Å². The van der Waals surface area contributed by atoms with Crippen molar-refractivity contribution < 1.29 is 9.18 Å². The van der Waals surface area contributed by atoms with Crippen LogP contribution in [-0.2, 0) is 18.5 Å². The Morgan fingerprint density at radius 3 is 2.61 bits per heavy atom. The van der Waals surface area contributed by atoms with Gasteiger partial charge in [0.15, 0.2) is 5.78 Å². The zero-order valence-electron chi connectivity index (χ0n) is 22.1. The molecular formula is C32H35FN4O. The van der Waals surface area contributed by atoms with Crippen LogP contribution in [0.15, 0.2) is 73.1 Å². The van der Waals surface area contributed by atoms with Gasteiger partial charge < -0.3 is 16.0 Å². The number of carbonyl (C=O) groups excluding carboxylic acids is 1. The monoisotopic (exact) mass is 510 g/mol. The van der Waals surface area contributed by atoms with Crippen molar-refractivity contribution in [2.75, 3.05) is 0 Å². The molecule has 5 nitrogen and oxygen atoms in total. The van der Waals surface area contributed by atoms with Crippen LogP contribution in [0, 0.1) is 25.6 Å². The predicted molar refractivity (Wildman–Crippen MR) is 149 cm³/mol. The summed E-state index contributed by atoms with van der Waals surface area (Å²) < 4.78 is 17.0. The van der Waals surface area contributed by atoms with Crippen molar-refractivity contribution in [3.05, 3.63) is 118 Å². The van der Waals surface area contributed by atoms with Crippen LogP contribution in [0.4, 0.5) is 4.39 Å². The highest BCUT2D eigenvalue weighted by Crippen LogP contribution is 2.40. The fourth-order valence-corrected chi connectivity index (χ4v) is 5.23. The van der Waals surface area contributed by atoms with E-state index in [0.29, 0.717) is 23.7 Å². The van der Waals surface area contributed by atoms with Gasteiger partial charge in [0, 0.05) is 36.7 Å². The molecule has 38 heavy (non-hydrogen) atoms. The Balaban J connectivity index is 1.48. The minimum atomic E-state index is -0.790. The smallest absolute Gasteiger partial charge is 0.184 e. The van der Waals surface area contributed by atoms with E-state index >= 15 is 4.39 Å². The van der Waals surface area contributed by atoms with Crippen molar-refractivity contribution in [3.63, 3.8) is 0 Å². The molecule has 2 aromatic heterocycles. The fraction of sp³-hybridized carbons (Fsp3) is 0.312. The molecule has 2 aromatic carbocycles. The lowest BCUT2D eigenvalue weighted by molar-refractivity contribution is 0.0985. The van der Waals surface area contributed by atoms with E-state index in [1.165, 1.54) is 18.9 Å². The Morgan fingerprint density at radius 1 is 1.08 bits per heavy atom. The van der Waals surface area contributed by atoms with Crippen LogP contribution >= 0.6 is 0 Å².